The summed E-state index contributed by atoms with van der Waals surface area (Å²) in [7, 11) is 0. The molecule has 0 unspecified atom stereocenters. The maximum absolute atomic E-state index is 11.0. The van der Waals surface area contributed by atoms with E-state index in [4.69, 9.17) is 0 Å². The van der Waals surface area contributed by atoms with E-state index in [2.05, 4.69) is 10.5 Å². The molecule has 0 radical (unpaired) electrons. The van der Waals surface area contributed by atoms with Gasteiger partial charge in [-0.25, -0.2) is 0 Å². The molecule has 9 heavy (non-hydrogen) atoms. The van der Waals surface area contributed by atoms with Crippen molar-refractivity contribution >= 4 is 5.97 Å². The Bertz CT molecular complexity index is 110. The van der Waals surface area contributed by atoms with Crippen LogP contribution < -0.4 is 5.73 Å². The Hall–Kier alpha value is -0.780. The summed E-state index contributed by atoms with van der Waals surface area (Å²) < 4.78 is 35.8. The second-order valence-electron chi connectivity index (χ2n) is 1.12. The molecular formula is C3H4F3NO2. The molecule has 6 heteroatoms. The molecule has 0 saturated heterocycles. The molecule has 0 aromatic rings. The van der Waals surface area contributed by atoms with Gasteiger partial charge in [-0.1, -0.05) is 0 Å². The Morgan fingerprint density at radius 3 is 2.11 bits per heavy atom. The van der Waals surface area contributed by atoms with Crippen LogP contribution >= 0.6 is 0 Å². The van der Waals surface area contributed by atoms with Crippen LogP contribution in [-0.2, 0) is 9.53 Å². The molecule has 0 saturated carbocycles. The van der Waals surface area contributed by atoms with Crippen molar-refractivity contribution in [3.05, 3.63) is 0 Å². The largest absolute Gasteiger partial charge is 0.575 e. The molecule has 0 aliphatic heterocycles. The Balaban J connectivity index is 3.60. The van der Waals surface area contributed by atoms with Crippen LogP contribution in [0.25, 0.3) is 0 Å². The van der Waals surface area contributed by atoms with Crippen molar-refractivity contribution in [2.45, 2.75) is 6.36 Å². The lowest BCUT2D eigenvalue weighted by atomic mass is 10.7. The van der Waals surface area contributed by atoms with Crippen molar-refractivity contribution in [3.8, 4) is 0 Å². The minimum atomic E-state index is -4.91. The molecule has 0 aliphatic rings. The van der Waals surface area contributed by atoms with E-state index in [0.29, 0.717) is 0 Å². The molecule has 0 spiro atoms. The molecule has 0 aromatic heterocycles. The molecule has 54 valence electrons. The lowest BCUT2D eigenvalue weighted by Gasteiger charge is -2.03. The summed E-state index contributed by atoms with van der Waals surface area (Å²) in [6.07, 6.45) is -4.91. The molecule has 2 N–H and O–H groups in total. The smallest absolute Gasteiger partial charge is 0.372 e. The number of esters is 1. The van der Waals surface area contributed by atoms with Gasteiger partial charge in [0.15, 0.2) is 0 Å². The number of hydrogen-bond donors (Lipinski definition) is 1. The van der Waals surface area contributed by atoms with Gasteiger partial charge in [-0.05, 0) is 0 Å². The van der Waals surface area contributed by atoms with Gasteiger partial charge in [0.25, 0.3) is 0 Å². The van der Waals surface area contributed by atoms with E-state index in [9.17, 15) is 18.0 Å². The SMILES string of the molecule is NCC(=O)OC(F)(F)F. The van der Waals surface area contributed by atoms with Crippen LogP contribution in [0.15, 0.2) is 0 Å². The summed E-state index contributed by atoms with van der Waals surface area (Å²) in [5.74, 6) is -1.48. The van der Waals surface area contributed by atoms with E-state index in [1.807, 2.05) is 0 Å². The van der Waals surface area contributed by atoms with E-state index >= 15 is 0 Å². The molecule has 0 amide bonds. The molecule has 0 bridgehead atoms. The summed E-state index contributed by atoms with van der Waals surface area (Å²) in [5, 5.41) is 0. The highest BCUT2D eigenvalue weighted by Gasteiger charge is 2.33. The molecule has 0 aromatic carbocycles. The van der Waals surface area contributed by atoms with Crippen LogP contribution in [0.2, 0.25) is 0 Å². The highest BCUT2D eigenvalue weighted by atomic mass is 19.4. The number of ether oxygens (including phenoxy) is 1. The predicted octanol–water partition coefficient (Wildman–Crippen LogP) is 0.00810. The van der Waals surface area contributed by atoms with Crippen LogP contribution in [0, 0.1) is 0 Å². The quantitative estimate of drug-likeness (QED) is 0.526. The summed E-state index contributed by atoms with van der Waals surface area (Å²) in [5.41, 5.74) is 4.50. The standard InChI is InChI=1S/C3H4F3NO2/c4-3(5,6)9-2(8)1-7/h1,7H2. The van der Waals surface area contributed by atoms with Crippen LogP contribution in [0.1, 0.15) is 0 Å². The topological polar surface area (TPSA) is 52.3 Å². The molecule has 0 atom stereocenters. The number of carbonyl (C=O) groups excluding carboxylic acids is 1. The number of rotatable bonds is 1. The van der Waals surface area contributed by atoms with Gasteiger partial charge in [0.2, 0.25) is 0 Å². The van der Waals surface area contributed by atoms with Crippen molar-refractivity contribution in [1.82, 2.24) is 0 Å². The summed E-state index contributed by atoms with van der Waals surface area (Å²) >= 11 is 0. The third kappa shape index (κ3) is 5.09. The Morgan fingerprint density at radius 2 is 2.00 bits per heavy atom. The number of halogens is 3. The molecule has 0 heterocycles. The van der Waals surface area contributed by atoms with Gasteiger partial charge in [0.1, 0.15) is 0 Å². The predicted molar refractivity (Wildman–Crippen MR) is 21.2 cm³/mol. The molecule has 3 nitrogen and oxygen atoms in total. The Morgan fingerprint density at radius 1 is 1.56 bits per heavy atom. The number of alkyl halides is 3. The first-order chi connectivity index (χ1) is 3.95. The number of hydrogen-bond acceptors (Lipinski definition) is 3. The van der Waals surface area contributed by atoms with Gasteiger partial charge in [-0.15, -0.1) is 13.2 Å². The van der Waals surface area contributed by atoms with Crippen LogP contribution in [0.4, 0.5) is 13.2 Å². The Labute approximate surface area is 48.6 Å². The normalized spacial score (nSPS) is 11.1. The number of carbonyl (C=O) groups is 1. The zero-order valence-electron chi connectivity index (χ0n) is 4.23. The molecule has 0 rings (SSSR count). The van der Waals surface area contributed by atoms with Gasteiger partial charge in [-0.3, -0.25) is 4.79 Å². The van der Waals surface area contributed by atoms with Crippen molar-refractivity contribution in [3.63, 3.8) is 0 Å². The lowest BCUT2D eigenvalue weighted by Crippen LogP contribution is -2.25. The maximum Gasteiger partial charge on any atom is 0.575 e. The first kappa shape index (κ1) is 8.22. The zero-order valence-corrected chi connectivity index (χ0v) is 4.23. The van der Waals surface area contributed by atoms with E-state index in [1.54, 1.807) is 0 Å². The van der Waals surface area contributed by atoms with Gasteiger partial charge in [0, 0.05) is 0 Å². The lowest BCUT2D eigenvalue weighted by molar-refractivity contribution is -0.304. The second kappa shape index (κ2) is 2.67. The van der Waals surface area contributed by atoms with Gasteiger partial charge >= 0.3 is 12.3 Å². The fourth-order valence-electron chi connectivity index (χ4n) is 0.171. The third-order valence-electron chi connectivity index (χ3n) is 0.396. The van der Waals surface area contributed by atoms with Gasteiger partial charge < -0.3 is 10.5 Å². The van der Waals surface area contributed by atoms with E-state index in [1.165, 1.54) is 0 Å². The minimum absolute atomic E-state index is 0.764. The van der Waals surface area contributed by atoms with Crippen LogP contribution in [0.3, 0.4) is 0 Å². The van der Waals surface area contributed by atoms with E-state index in [-0.39, 0.29) is 0 Å². The molecule has 0 fully saturated rings. The molecular weight excluding hydrogens is 139 g/mol. The second-order valence-corrected chi connectivity index (χ2v) is 1.12. The fourth-order valence-corrected chi connectivity index (χ4v) is 0.171. The van der Waals surface area contributed by atoms with Crippen molar-refractivity contribution in [2.24, 2.45) is 5.73 Å². The van der Waals surface area contributed by atoms with Crippen LogP contribution in [0.5, 0.6) is 0 Å². The van der Waals surface area contributed by atoms with Gasteiger partial charge in [-0.2, -0.15) is 0 Å². The van der Waals surface area contributed by atoms with Crippen molar-refractivity contribution < 1.29 is 22.7 Å². The third-order valence-corrected chi connectivity index (χ3v) is 0.396. The summed E-state index contributed by atoms with van der Waals surface area (Å²) in [6, 6.07) is 0. The summed E-state index contributed by atoms with van der Waals surface area (Å²) in [6.45, 7) is -0.764. The fraction of sp³-hybridized carbons (Fsp3) is 0.667. The average molecular weight is 143 g/mol. The number of nitrogens with two attached hydrogens (primary N) is 1. The maximum atomic E-state index is 11.0. The minimum Gasteiger partial charge on any atom is -0.372 e. The zero-order chi connectivity index (χ0) is 7.49. The van der Waals surface area contributed by atoms with Crippen molar-refractivity contribution in [2.75, 3.05) is 6.54 Å². The van der Waals surface area contributed by atoms with Gasteiger partial charge in [0.05, 0.1) is 6.54 Å². The van der Waals surface area contributed by atoms with Crippen molar-refractivity contribution in [1.29, 1.82) is 0 Å². The monoisotopic (exact) mass is 143 g/mol. The average Bonchev–Trinajstić information content (AvgIpc) is 1.62. The highest BCUT2D eigenvalue weighted by Crippen LogP contribution is 2.15. The first-order valence-corrected chi connectivity index (χ1v) is 1.94. The molecule has 0 aliphatic carbocycles. The first-order valence-electron chi connectivity index (χ1n) is 1.94. The highest BCUT2D eigenvalue weighted by molar-refractivity contribution is 5.71. The Kier molecular flexibility index (Phi) is 2.44. The summed E-state index contributed by atoms with van der Waals surface area (Å²) in [4.78, 5) is 9.76. The van der Waals surface area contributed by atoms with E-state index < -0.39 is 18.9 Å². The van der Waals surface area contributed by atoms with Crippen LogP contribution in [-0.4, -0.2) is 18.9 Å². The van der Waals surface area contributed by atoms with E-state index in [0.717, 1.165) is 0 Å².